The molecule has 0 aromatic carbocycles. The second kappa shape index (κ2) is 3.23. The standard InChI is InChI=1S/C5H6BBrO3/c7-5-2-1-4(10-5)3-6(8)9/h1-2,8-9H,3H2. The Morgan fingerprint density at radius 1 is 1.50 bits per heavy atom. The molecule has 0 amide bonds. The molecule has 0 radical (unpaired) electrons. The highest BCUT2D eigenvalue weighted by molar-refractivity contribution is 9.10. The van der Waals surface area contributed by atoms with Crippen LogP contribution in [0.5, 0.6) is 0 Å². The summed E-state index contributed by atoms with van der Waals surface area (Å²) in [6.45, 7) is 0. The molecule has 3 nitrogen and oxygen atoms in total. The third kappa shape index (κ3) is 2.17. The molecule has 0 spiro atoms. The summed E-state index contributed by atoms with van der Waals surface area (Å²) in [4.78, 5) is 0. The number of hydrogen-bond acceptors (Lipinski definition) is 3. The van der Waals surface area contributed by atoms with Gasteiger partial charge in [-0.15, -0.1) is 0 Å². The summed E-state index contributed by atoms with van der Waals surface area (Å²) in [7, 11) is -1.34. The maximum atomic E-state index is 8.50. The predicted molar refractivity (Wildman–Crippen MR) is 40.3 cm³/mol. The van der Waals surface area contributed by atoms with Gasteiger partial charge in [0.25, 0.3) is 0 Å². The third-order valence-electron chi connectivity index (χ3n) is 1.01. The number of hydrogen-bond donors (Lipinski definition) is 2. The first-order chi connectivity index (χ1) is 4.68. The van der Waals surface area contributed by atoms with Gasteiger partial charge in [-0.2, -0.15) is 0 Å². The first-order valence-electron chi connectivity index (χ1n) is 2.79. The van der Waals surface area contributed by atoms with Gasteiger partial charge in [0, 0.05) is 6.32 Å². The normalized spacial score (nSPS) is 9.90. The monoisotopic (exact) mass is 204 g/mol. The number of rotatable bonds is 2. The molecule has 0 bridgehead atoms. The first kappa shape index (κ1) is 7.85. The van der Waals surface area contributed by atoms with Crippen molar-refractivity contribution >= 4 is 23.0 Å². The van der Waals surface area contributed by atoms with Crippen molar-refractivity contribution in [1.29, 1.82) is 0 Å². The minimum Gasteiger partial charge on any atom is -0.455 e. The Hall–Kier alpha value is -0.255. The Kier molecular flexibility index (Phi) is 2.53. The van der Waals surface area contributed by atoms with E-state index >= 15 is 0 Å². The van der Waals surface area contributed by atoms with Crippen molar-refractivity contribution < 1.29 is 14.5 Å². The van der Waals surface area contributed by atoms with E-state index < -0.39 is 7.12 Å². The predicted octanol–water partition coefficient (Wildman–Crippen LogP) is 0.597. The summed E-state index contributed by atoms with van der Waals surface area (Å²) in [6, 6.07) is 3.39. The lowest BCUT2D eigenvalue weighted by Crippen LogP contribution is -2.14. The van der Waals surface area contributed by atoms with Gasteiger partial charge in [0.15, 0.2) is 4.67 Å². The van der Waals surface area contributed by atoms with E-state index in [4.69, 9.17) is 14.5 Å². The molecule has 2 N–H and O–H groups in total. The fourth-order valence-corrected chi connectivity index (χ4v) is 0.981. The highest BCUT2D eigenvalue weighted by atomic mass is 79.9. The van der Waals surface area contributed by atoms with E-state index in [1.807, 2.05) is 0 Å². The van der Waals surface area contributed by atoms with Crippen LogP contribution >= 0.6 is 15.9 Å². The summed E-state index contributed by atoms with van der Waals surface area (Å²) in [6.07, 6.45) is 0.131. The SMILES string of the molecule is OB(O)Cc1ccc(Br)o1. The summed E-state index contributed by atoms with van der Waals surface area (Å²) in [5.74, 6) is 0.557. The maximum absolute atomic E-state index is 8.50. The van der Waals surface area contributed by atoms with Crippen LogP contribution in [0, 0.1) is 0 Å². The van der Waals surface area contributed by atoms with Crippen molar-refractivity contribution in [1.82, 2.24) is 0 Å². The highest BCUT2D eigenvalue weighted by Gasteiger charge is 2.10. The molecule has 5 heteroatoms. The van der Waals surface area contributed by atoms with Gasteiger partial charge in [-0.25, -0.2) is 0 Å². The van der Waals surface area contributed by atoms with Crippen molar-refractivity contribution in [3.8, 4) is 0 Å². The zero-order valence-corrected chi connectivity index (χ0v) is 6.71. The molecule has 0 fully saturated rings. The molecular formula is C5H6BBrO3. The average molecular weight is 205 g/mol. The van der Waals surface area contributed by atoms with Crippen LogP contribution < -0.4 is 0 Å². The second-order valence-electron chi connectivity index (χ2n) is 1.89. The molecule has 0 aliphatic rings. The Morgan fingerprint density at radius 2 is 2.20 bits per heavy atom. The topological polar surface area (TPSA) is 53.6 Å². The largest absolute Gasteiger partial charge is 0.459 e. The van der Waals surface area contributed by atoms with Crippen LogP contribution in [0.3, 0.4) is 0 Å². The van der Waals surface area contributed by atoms with E-state index in [2.05, 4.69) is 15.9 Å². The van der Waals surface area contributed by atoms with Crippen LogP contribution in [0.4, 0.5) is 0 Å². The van der Waals surface area contributed by atoms with Gasteiger partial charge in [-0.05, 0) is 28.1 Å². The molecule has 0 atom stereocenters. The second-order valence-corrected chi connectivity index (χ2v) is 2.67. The Labute approximate surface area is 66.9 Å². The lowest BCUT2D eigenvalue weighted by Gasteiger charge is -1.91. The van der Waals surface area contributed by atoms with Crippen molar-refractivity contribution in [3.05, 3.63) is 22.6 Å². The molecule has 1 heterocycles. The van der Waals surface area contributed by atoms with Gasteiger partial charge < -0.3 is 14.5 Å². The minimum absolute atomic E-state index is 0.131. The van der Waals surface area contributed by atoms with Gasteiger partial charge in [0.05, 0.1) is 0 Å². The van der Waals surface area contributed by atoms with Crippen LogP contribution in [-0.2, 0) is 6.32 Å². The summed E-state index contributed by atoms with van der Waals surface area (Å²) < 4.78 is 5.59. The number of halogens is 1. The van der Waals surface area contributed by atoms with Gasteiger partial charge in [-0.3, -0.25) is 0 Å². The molecule has 0 saturated heterocycles. The zero-order valence-electron chi connectivity index (χ0n) is 5.12. The summed E-state index contributed by atoms with van der Waals surface area (Å²) in [5, 5.41) is 17.0. The first-order valence-corrected chi connectivity index (χ1v) is 3.58. The molecule has 0 aliphatic heterocycles. The maximum Gasteiger partial charge on any atom is 0.459 e. The van der Waals surface area contributed by atoms with Crippen molar-refractivity contribution in [2.45, 2.75) is 6.32 Å². The van der Waals surface area contributed by atoms with E-state index in [0.29, 0.717) is 10.4 Å². The lowest BCUT2D eigenvalue weighted by molar-refractivity contribution is 0.393. The Balaban J connectivity index is 2.58. The molecule has 1 aromatic heterocycles. The van der Waals surface area contributed by atoms with E-state index in [1.165, 1.54) is 0 Å². The fraction of sp³-hybridized carbons (Fsp3) is 0.200. The van der Waals surface area contributed by atoms with Crippen LogP contribution in [0.1, 0.15) is 5.76 Å². The zero-order chi connectivity index (χ0) is 7.56. The van der Waals surface area contributed by atoms with E-state index in [9.17, 15) is 0 Å². The third-order valence-corrected chi connectivity index (χ3v) is 1.44. The van der Waals surface area contributed by atoms with Crippen LogP contribution in [0.2, 0.25) is 0 Å². The number of furan rings is 1. The molecule has 0 unspecified atom stereocenters. The van der Waals surface area contributed by atoms with Gasteiger partial charge in [0.1, 0.15) is 5.76 Å². The highest BCUT2D eigenvalue weighted by Crippen LogP contribution is 2.14. The molecule has 0 saturated carbocycles. The summed E-state index contributed by atoms with van der Waals surface area (Å²) >= 11 is 3.09. The van der Waals surface area contributed by atoms with Crippen LogP contribution in [0.15, 0.2) is 21.2 Å². The van der Waals surface area contributed by atoms with E-state index in [0.717, 1.165) is 0 Å². The van der Waals surface area contributed by atoms with E-state index in [1.54, 1.807) is 12.1 Å². The van der Waals surface area contributed by atoms with Crippen LogP contribution in [-0.4, -0.2) is 17.2 Å². The molecule has 10 heavy (non-hydrogen) atoms. The average Bonchev–Trinajstić information content (AvgIpc) is 2.13. The molecule has 1 aromatic rings. The van der Waals surface area contributed by atoms with Gasteiger partial charge >= 0.3 is 7.12 Å². The van der Waals surface area contributed by atoms with E-state index in [-0.39, 0.29) is 6.32 Å². The molecule has 54 valence electrons. The summed E-state index contributed by atoms with van der Waals surface area (Å²) in [5.41, 5.74) is 0. The van der Waals surface area contributed by atoms with Crippen LogP contribution in [0.25, 0.3) is 0 Å². The smallest absolute Gasteiger partial charge is 0.455 e. The Morgan fingerprint density at radius 3 is 2.60 bits per heavy atom. The van der Waals surface area contributed by atoms with Crippen molar-refractivity contribution in [2.24, 2.45) is 0 Å². The van der Waals surface area contributed by atoms with Crippen molar-refractivity contribution in [3.63, 3.8) is 0 Å². The van der Waals surface area contributed by atoms with Gasteiger partial charge in [0.2, 0.25) is 0 Å². The molecule has 0 aliphatic carbocycles. The quantitative estimate of drug-likeness (QED) is 0.694. The molecular weight excluding hydrogens is 199 g/mol. The molecule has 1 rings (SSSR count). The lowest BCUT2D eigenvalue weighted by atomic mass is 9.85. The van der Waals surface area contributed by atoms with Crippen molar-refractivity contribution in [2.75, 3.05) is 0 Å². The fourth-order valence-electron chi connectivity index (χ4n) is 0.641. The minimum atomic E-state index is -1.34. The Bertz CT molecular complexity index is 210. The van der Waals surface area contributed by atoms with Gasteiger partial charge in [-0.1, -0.05) is 0 Å².